The van der Waals surface area contributed by atoms with E-state index in [1.807, 2.05) is 29.1 Å². The topological polar surface area (TPSA) is 29.9 Å². The summed E-state index contributed by atoms with van der Waals surface area (Å²) in [4.78, 5) is 0. The molecule has 4 heteroatoms. The normalized spacial score (nSPS) is 16.5. The number of aromatic nitrogens is 2. The second kappa shape index (κ2) is 5.66. The number of para-hydroxylation sites is 1. The molecule has 1 aliphatic carbocycles. The van der Waals surface area contributed by atoms with Crippen LogP contribution in [0, 0.1) is 0 Å². The molecule has 0 atom stereocenters. The molecule has 1 aromatic heterocycles. The monoisotopic (exact) mass is 275 g/mol. The van der Waals surface area contributed by atoms with E-state index in [4.69, 9.17) is 11.6 Å². The number of nitrogens with zero attached hydrogens (tertiary/aromatic N) is 2. The number of benzene rings is 1. The van der Waals surface area contributed by atoms with E-state index >= 15 is 0 Å². The van der Waals surface area contributed by atoms with Crippen LogP contribution in [0.25, 0.3) is 5.69 Å². The van der Waals surface area contributed by atoms with E-state index in [0.29, 0.717) is 6.04 Å². The van der Waals surface area contributed by atoms with Gasteiger partial charge in [-0.25, -0.2) is 4.68 Å². The zero-order chi connectivity index (χ0) is 13.1. The second-order valence-corrected chi connectivity index (χ2v) is 5.47. The van der Waals surface area contributed by atoms with Crippen molar-refractivity contribution in [3.63, 3.8) is 0 Å². The fourth-order valence-corrected chi connectivity index (χ4v) is 2.99. The maximum atomic E-state index is 6.34. The SMILES string of the molecule is Clc1cccc(NC2CCCCC2)c1-n1cccn1. The van der Waals surface area contributed by atoms with Crippen molar-refractivity contribution in [1.82, 2.24) is 9.78 Å². The van der Waals surface area contributed by atoms with Gasteiger partial charge in [-0.3, -0.25) is 0 Å². The Balaban J connectivity index is 1.90. The summed E-state index contributed by atoms with van der Waals surface area (Å²) >= 11 is 6.34. The van der Waals surface area contributed by atoms with Gasteiger partial charge in [0.2, 0.25) is 0 Å². The summed E-state index contributed by atoms with van der Waals surface area (Å²) in [6, 6.07) is 8.44. The largest absolute Gasteiger partial charge is 0.381 e. The zero-order valence-electron chi connectivity index (χ0n) is 10.8. The van der Waals surface area contributed by atoms with Gasteiger partial charge in [-0.05, 0) is 31.0 Å². The van der Waals surface area contributed by atoms with E-state index in [9.17, 15) is 0 Å². The molecular weight excluding hydrogens is 258 g/mol. The van der Waals surface area contributed by atoms with Crippen molar-refractivity contribution in [2.75, 3.05) is 5.32 Å². The summed E-state index contributed by atoms with van der Waals surface area (Å²) in [5.41, 5.74) is 2.02. The van der Waals surface area contributed by atoms with E-state index in [0.717, 1.165) is 16.4 Å². The lowest BCUT2D eigenvalue weighted by atomic mass is 9.95. The van der Waals surface area contributed by atoms with Gasteiger partial charge in [0.1, 0.15) is 5.69 Å². The molecular formula is C15H18ClN3. The van der Waals surface area contributed by atoms with Crippen molar-refractivity contribution in [3.05, 3.63) is 41.7 Å². The summed E-state index contributed by atoms with van der Waals surface area (Å²) < 4.78 is 1.83. The first-order chi connectivity index (χ1) is 9.34. The summed E-state index contributed by atoms with van der Waals surface area (Å²) in [5, 5.41) is 8.65. The van der Waals surface area contributed by atoms with Crippen LogP contribution in [0.4, 0.5) is 5.69 Å². The van der Waals surface area contributed by atoms with E-state index in [-0.39, 0.29) is 0 Å². The molecule has 3 nitrogen and oxygen atoms in total. The van der Waals surface area contributed by atoms with Gasteiger partial charge in [0.25, 0.3) is 0 Å². The highest BCUT2D eigenvalue weighted by Gasteiger charge is 2.16. The van der Waals surface area contributed by atoms with Crippen LogP contribution in [0.5, 0.6) is 0 Å². The minimum absolute atomic E-state index is 0.557. The first kappa shape index (κ1) is 12.5. The van der Waals surface area contributed by atoms with Crippen LogP contribution in [0.2, 0.25) is 5.02 Å². The second-order valence-electron chi connectivity index (χ2n) is 5.07. The Hall–Kier alpha value is -1.48. The summed E-state index contributed by atoms with van der Waals surface area (Å²) in [6.45, 7) is 0. The van der Waals surface area contributed by atoms with Crippen molar-refractivity contribution in [3.8, 4) is 5.69 Å². The number of rotatable bonds is 3. The Morgan fingerprint density at radius 1 is 1.16 bits per heavy atom. The molecule has 0 bridgehead atoms. The quantitative estimate of drug-likeness (QED) is 0.906. The summed E-state index contributed by atoms with van der Waals surface area (Å²) in [6.07, 6.45) is 10.2. The molecule has 1 saturated carbocycles. The molecule has 0 aliphatic heterocycles. The molecule has 3 rings (SSSR count). The predicted octanol–water partition coefficient (Wildman–Crippen LogP) is 4.27. The number of anilines is 1. The number of halogens is 1. The predicted molar refractivity (Wildman–Crippen MR) is 79.1 cm³/mol. The van der Waals surface area contributed by atoms with E-state index < -0.39 is 0 Å². The van der Waals surface area contributed by atoms with Crippen LogP contribution in [0.3, 0.4) is 0 Å². The Morgan fingerprint density at radius 2 is 2.00 bits per heavy atom. The van der Waals surface area contributed by atoms with Gasteiger partial charge in [0.05, 0.1) is 10.7 Å². The van der Waals surface area contributed by atoms with Crippen LogP contribution in [-0.4, -0.2) is 15.8 Å². The molecule has 0 amide bonds. The molecule has 1 N–H and O–H groups in total. The molecule has 1 fully saturated rings. The smallest absolute Gasteiger partial charge is 0.106 e. The number of hydrogen-bond donors (Lipinski definition) is 1. The molecule has 0 radical (unpaired) electrons. The van der Waals surface area contributed by atoms with Crippen molar-refractivity contribution in [2.45, 2.75) is 38.1 Å². The lowest BCUT2D eigenvalue weighted by Gasteiger charge is -2.25. The van der Waals surface area contributed by atoms with Crippen molar-refractivity contribution >= 4 is 17.3 Å². The van der Waals surface area contributed by atoms with Crippen LogP contribution >= 0.6 is 11.6 Å². The average Bonchev–Trinajstić information content (AvgIpc) is 2.94. The van der Waals surface area contributed by atoms with Crippen LogP contribution in [-0.2, 0) is 0 Å². The fourth-order valence-electron chi connectivity index (χ4n) is 2.73. The Bertz CT molecular complexity index is 530. The molecule has 1 aliphatic rings. The first-order valence-corrected chi connectivity index (χ1v) is 7.27. The van der Waals surface area contributed by atoms with E-state index in [1.54, 1.807) is 6.20 Å². The number of nitrogens with one attached hydrogen (secondary N) is 1. The van der Waals surface area contributed by atoms with Crippen molar-refractivity contribution < 1.29 is 0 Å². The lowest BCUT2D eigenvalue weighted by molar-refractivity contribution is 0.462. The minimum atomic E-state index is 0.557. The molecule has 0 unspecified atom stereocenters. The van der Waals surface area contributed by atoms with Gasteiger partial charge >= 0.3 is 0 Å². The third-order valence-electron chi connectivity index (χ3n) is 3.69. The maximum absolute atomic E-state index is 6.34. The summed E-state index contributed by atoms with van der Waals surface area (Å²) in [7, 11) is 0. The fraction of sp³-hybridized carbons (Fsp3) is 0.400. The Morgan fingerprint density at radius 3 is 2.74 bits per heavy atom. The highest BCUT2D eigenvalue weighted by Crippen LogP contribution is 2.30. The van der Waals surface area contributed by atoms with Gasteiger partial charge in [-0.1, -0.05) is 36.9 Å². The molecule has 100 valence electrons. The maximum Gasteiger partial charge on any atom is 0.106 e. The molecule has 2 aromatic rings. The van der Waals surface area contributed by atoms with Crippen LogP contribution < -0.4 is 5.32 Å². The molecule has 1 aromatic carbocycles. The van der Waals surface area contributed by atoms with Crippen LogP contribution in [0.15, 0.2) is 36.7 Å². The molecule has 0 spiro atoms. The summed E-state index contributed by atoms with van der Waals surface area (Å²) in [5.74, 6) is 0. The lowest BCUT2D eigenvalue weighted by Crippen LogP contribution is -2.23. The highest BCUT2D eigenvalue weighted by molar-refractivity contribution is 6.33. The minimum Gasteiger partial charge on any atom is -0.381 e. The first-order valence-electron chi connectivity index (χ1n) is 6.89. The molecule has 19 heavy (non-hydrogen) atoms. The third-order valence-corrected chi connectivity index (χ3v) is 3.99. The third kappa shape index (κ3) is 2.76. The number of hydrogen-bond acceptors (Lipinski definition) is 2. The van der Waals surface area contributed by atoms with Crippen molar-refractivity contribution in [1.29, 1.82) is 0 Å². The van der Waals surface area contributed by atoms with Gasteiger partial charge in [0, 0.05) is 18.4 Å². The van der Waals surface area contributed by atoms with Crippen LogP contribution in [0.1, 0.15) is 32.1 Å². The van der Waals surface area contributed by atoms with E-state index in [1.165, 1.54) is 32.1 Å². The van der Waals surface area contributed by atoms with Gasteiger partial charge < -0.3 is 5.32 Å². The molecule has 1 heterocycles. The average molecular weight is 276 g/mol. The van der Waals surface area contributed by atoms with Crippen molar-refractivity contribution in [2.24, 2.45) is 0 Å². The van der Waals surface area contributed by atoms with E-state index in [2.05, 4.69) is 16.5 Å². The zero-order valence-corrected chi connectivity index (χ0v) is 11.6. The van der Waals surface area contributed by atoms with Gasteiger partial charge in [-0.15, -0.1) is 0 Å². The standard InChI is InChI=1S/C15H18ClN3/c16-13-8-4-9-14(15(13)19-11-5-10-17-19)18-12-6-2-1-3-7-12/h4-5,8-12,18H,1-3,6-7H2. The molecule has 0 saturated heterocycles. The Kier molecular flexibility index (Phi) is 3.74. The van der Waals surface area contributed by atoms with Gasteiger partial charge in [0.15, 0.2) is 0 Å². The van der Waals surface area contributed by atoms with Gasteiger partial charge in [-0.2, -0.15) is 5.10 Å². The Labute approximate surface area is 118 Å². The highest BCUT2D eigenvalue weighted by atomic mass is 35.5.